The van der Waals surface area contributed by atoms with Gasteiger partial charge in [-0.15, -0.1) is 6.42 Å². The Kier molecular flexibility index (Phi) is 4.49. The normalized spacial score (nSPS) is 11.6. The zero-order valence-electron chi connectivity index (χ0n) is 14.7. The van der Waals surface area contributed by atoms with Crippen molar-refractivity contribution >= 4 is 38.2 Å². The summed E-state index contributed by atoms with van der Waals surface area (Å²) in [5, 5.41) is 2.26. The van der Waals surface area contributed by atoms with Crippen LogP contribution in [0.4, 0.5) is 0 Å². The van der Waals surface area contributed by atoms with Gasteiger partial charge in [-0.2, -0.15) is 4.99 Å². The van der Waals surface area contributed by atoms with Crippen LogP contribution in [0.25, 0.3) is 21.0 Å². The lowest BCUT2D eigenvalue weighted by Gasteiger charge is -2.04. The van der Waals surface area contributed by atoms with Crippen LogP contribution in [-0.2, 0) is 6.54 Å². The Hall–Kier alpha value is -3.36. The van der Waals surface area contributed by atoms with E-state index in [-0.39, 0.29) is 5.91 Å². The monoisotopic (exact) mass is 372 g/mol. The molecule has 0 N–H and O–H groups in total. The standard InChI is InChI=1S/C22H16N2O2S/c1-3-14-24-18-13-12-15-8-4-5-9-16(15)20(18)27-22(24)23-21(25)17-10-6-7-11-19(17)26-2/h1,4-13H,14H2,2H3. The molecule has 0 atom stereocenters. The minimum Gasteiger partial charge on any atom is -0.496 e. The number of benzene rings is 3. The maximum absolute atomic E-state index is 12.8. The topological polar surface area (TPSA) is 43.6 Å². The molecule has 0 aliphatic heterocycles. The number of rotatable bonds is 3. The number of nitrogens with zero attached hydrogens (tertiary/aromatic N) is 2. The third-order valence-electron chi connectivity index (χ3n) is 4.36. The van der Waals surface area contributed by atoms with Crippen LogP contribution in [0.5, 0.6) is 5.75 Å². The van der Waals surface area contributed by atoms with Crippen molar-refractivity contribution in [3.05, 3.63) is 71.0 Å². The molecular formula is C22H16N2O2S. The summed E-state index contributed by atoms with van der Waals surface area (Å²) in [6, 6.07) is 19.3. The minimum atomic E-state index is -0.353. The molecule has 132 valence electrons. The summed E-state index contributed by atoms with van der Waals surface area (Å²) in [5.74, 6) is 2.81. The zero-order chi connectivity index (χ0) is 18.8. The van der Waals surface area contributed by atoms with E-state index in [1.807, 2.05) is 28.8 Å². The predicted octanol–water partition coefficient (Wildman–Crippen LogP) is 4.24. The van der Waals surface area contributed by atoms with Crippen LogP contribution in [0.1, 0.15) is 10.4 Å². The average molecular weight is 372 g/mol. The molecule has 0 saturated carbocycles. The van der Waals surface area contributed by atoms with Crippen molar-refractivity contribution in [2.24, 2.45) is 4.99 Å². The van der Waals surface area contributed by atoms with E-state index in [0.29, 0.717) is 22.7 Å². The molecule has 0 unspecified atom stereocenters. The van der Waals surface area contributed by atoms with Crippen molar-refractivity contribution in [2.45, 2.75) is 6.54 Å². The van der Waals surface area contributed by atoms with Crippen LogP contribution >= 0.6 is 11.3 Å². The predicted molar refractivity (Wildman–Crippen MR) is 109 cm³/mol. The molecule has 0 aliphatic carbocycles. The molecule has 1 amide bonds. The second kappa shape index (κ2) is 7.10. The van der Waals surface area contributed by atoms with Crippen molar-refractivity contribution in [2.75, 3.05) is 7.11 Å². The minimum absolute atomic E-state index is 0.344. The molecule has 0 spiro atoms. The van der Waals surface area contributed by atoms with Gasteiger partial charge in [-0.3, -0.25) is 4.79 Å². The third-order valence-corrected chi connectivity index (χ3v) is 5.49. The van der Waals surface area contributed by atoms with Gasteiger partial charge in [0.05, 0.1) is 29.4 Å². The molecule has 5 heteroatoms. The van der Waals surface area contributed by atoms with Gasteiger partial charge in [0.25, 0.3) is 5.91 Å². The van der Waals surface area contributed by atoms with Crippen LogP contribution in [0.2, 0.25) is 0 Å². The quantitative estimate of drug-likeness (QED) is 0.505. The number of fused-ring (bicyclic) bond motifs is 3. The van der Waals surface area contributed by atoms with Gasteiger partial charge in [0.2, 0.25) is 0 Å². The Morgan fingerprint density at radius 2 is 1.93 bits per heavy atom. The number of hydrogen-bond acceptors (Lipinski definition) is 3. The maximum Gasteiger partial charge on any atom is 0.283 e. The summed E-state index contributed by atoms with van der Waals surface area (Å²) in [6.45, 7) is 0.344. The first kappa shape index (κ1) is 17.1. The van der Waals surface area contributed by atoms with Gasteiger partial charge < -0.3 is 9.30 Å². The lowest BCUT2D eigenvalue weighted by molar-refractivity contribution is 0.0995. The molecule has 4 rings (SSSR count). The zero-order valence-corrected chi connectivity index (χ0v) is 15.5. The van der Waals surface area contributed by atoms with E-state index in [9.17, 15) is 4.79 Å². The number of methoxy groups -OCH3 is 1. The molecule has 0 aliphatic rings. The fourth-order valence-electron chi connectivity index (χ4n) is 3.10. The van der Waals surface area contributed by atoms with Gasteiger partial charge in [-0.05, 0) is 23.6 Å². The van der Waals surface area contributed by atoms with E-state index >= 15 is 0 Å². The largest absolute Gasteiger partial charge is 0.496 e. The molecule has 0 saturated heterocycles. The Balaban J connectivity index is 1.96. The van der Waals surface area contributed by atoms with Crippen LogP contribution < -0.4 is 9.54 Å². The molecule has 1 heterocycles. The second-order valence-corrected chi connectivity index (χ2v) is 6.90. The summed E-state index contributed by atoms with van der Waals surface area (Å²) >= 11 is 1.47. The first-order valence-corrected chi connectivity index (χ1v) is 9.21. The number of terminal acetylenes is 1. The fourth-order valence-corrected chi connectivity index (χ4v) is 4.26. The summed E-state index contributed by atoms with van der Waals surface area (Å²) < 4.78 is 8.25. The van der Waals surface area contributed by atoms with Gasteiger partial charge in [0.15, 0.2) is 4.80 Å². The average Bonchev–Trinajstić information content (AvgIpc) is 3.06. The van der Waals surface area contributed by atoms with Crippen molar-refractivity contribution in [3.63, 3.8) is 0 Å². The molecule has 0 bridgehead atoms. The Morgan fingerprint density at radius 1 is 1.15 bits per heavy atom. The van der Waals surface area contributed by atoms with Crippen LogP contribution in [0.3, 0.4) is 0 Å². The molecule has 0 fully saturated rings. The fraction of sp³-hybridized carbons (Fsp3) is 0.0909. The lowest BCUT2D eigenvalue weighted by Crippen LogP contribution is -2.16. The molecule has 1 aromatic heterocycles. The van der Waals surface area contributed by atoms with E-state index in [4.69, 9.17) is 11.2 Å². The van der Waals surface area contributed by atoms with Crippen molar-refractivity contribution < 1.29 is 9.53 Å². The van der Waals surface area contributed by atoms with Crippen LogP contribution in [0.15, 0.2) is 65.7 Å². The van der Waals surface area contributed by atoms with Gasteiger partial charge in [-0.25, -0.2) is 0 Å². The van der Waals surface area contributed by atoms with Gasteiger partial charge in [0.1, 0.15) is 5.75 Å². The number of carbonyl (C=O) groups is 1. The number of thiazole rings is 1. The van der Waals surface area contributed by atoms with E-state index in [1.165, 1.54) is 18.4 Å². The van der Waals surface area contributed by atoms with Crippen molar-refractivity contribution in [1.29, 1.82) is 0 Å². The maximum atomic E-state index is 12.8. The number of carbonyl (C=O) groups excluding carboxylic acids is 1. The van der Waals surface area contributed by atoms with Crippen LogP contribution in [0, 0.1) is 12.3 Å². The first-order chi connectivity index (χ1) is 13.2. The smallest absolute Gasteiger partial charge is 0.283 e. The van der Waals surface area contributed by atoms with Gasteiger partial charge in [-0.1, -0.05) is 59.7 Å². The highest BCUT2D eigenvalue weighted by Crippen LogP contribution is 2.27. The molecule has 4 aromatic rings. The highest BCUT2D eigenvalue weighted by Gasteiger charge is 2.13. The second-order valence-electron chi connectivity index (χ2n) is 5.93. The summed E-state index contributed by atoms with van der Waals surface area (Å²) in [5.41, 5.74) is 1.40. The number of ether oxygens (including phenoxy) is 1. The van der Waals surface area contributed by atoms with Crippen LogP contribution in [-0.4, -0.2) is 17.6 Å². The van der Waals surface area contributed by atoms with Gasteiger partial charge in [0, 0.05) is 5.39 Å². The van der Waals surface area contributed by atoms with E-state index in [0.717, 1.165) is 21.0 Å². The highest BCUT2D eigenvalue weighted by molar-refractivity contribution is 7.17. The molecule has 0 radical (unpaired) electrons. The van der Waals surface area contributed by atoms with E-state index < -0.39 is 0 Å². The van der Waals surface area contributed by atoms with Crippen molar-refractivity contribution in [1.82, 2.24) is 4.57 Å². The Morgan fingerprint density at radius 3 is 2.74 bits per heavy atom. The van der Waals surface area contributed by atoms with Crippen molar-refractivity contribution in [3.8, 4) is 18.1 Å². The number of aromatic nitrogens is 1. The lowest BCUT2D eigenvalue weighted by atomic mass is 10.1. The highest BCUT2D eigenvalue weighted by atomic mass is 32.1. The summed E-state index contributed by atoms with van der Waals surface area (Å²) in [7, 11) is 1.54. The number of amides is 1. The Labute approximate surface area is 160 Å². The number of hydrogen-bond donors (Lipinski definition) is 0. The SMILES string of the molecule is C#CCn1c(=NC(=O)c2ccccc2OC)sc2c3ccccc3ccc21. The molecule has 3 aromatic carbocycles. The molecular weight excluding hydrogens is 356 g/mol. The summed E-state index contributed by atoms with van der Waals surface area (Å²) in [4.78, 5) is 17.7. The number of para-hydroxylation sites is 1. The third kappa shape index (κ3) is 3.01. The van der Waals surface area contributed by atoms with E-state index in [2.05, 4.69) is 29.1 Å². The molecule has 27 heavy (non-hydrogen) atoms. The van der Waals surface area contributed by atoms with E-state index in [1.54, 1.807) is 18.2 Å². The Bertz CT molecular complexity index is 1270. The molecule has 4 nitrogen and oxygen atoms in total. The summed E-state index contributed by atoms with van der Waals surface area (Å²) in [6.07, 6.45) is 5.57. The van der Waals surface area contributed by atoms with Gasteiger partial charge >= 0.3 is 0 Å². The first-order valence-electron chi connectivity index (χ1n) is 8.39.